The lowest BCUT2D eigenvalue weighted by Crippen LogP contribution is -2.57. The van der Waals surface area contributed by atoms with Crippen LogP contribution >= 0.6 is 0 Å². The number of carbonyl (C=O) groups is 3. The van der Waals surface area contributed by atoms with Crippen molar-refractivity contribution in [1.29, 1.82) is 0 Å². The van der Waals surface area contributed by atoms with Crippen molar-refractivity contribution < 1.29 is 14.4 Å². The molecule has 1 aromatic heterocycles. The number of rotatable bonds is 3. The van der Waals surface area contributed by atoms with Crippen LogP contribution in [0.4, 0.5) is 16.2 Å². The van der Waals surface area contributed by atoms with Gasteiger partial charge in [0.1, 0.15) is 5.57 Å². The molecule has 0 bridgehead atoms. The van der Waals surface area contributed by atoms with E-state index >= 15 is 0 Å². The molecule has 0 aliphatic carbocycles. The zero-order valence-corrected chi connectivity index (χ0v) is 16.1. The molecule has 6 nitrogen and oxygen atoms in total. The highest BCUT2D eigenvalue weighted by Crippen LogP contribution is 2.29. The third kappa shape index (κ3) is 3.14. The fourth-order valence-electron chi connectivity index (χ4n) is 3.27. The molecule has 6 heteroatoms. The molecular formula is C23H19N3O3. The first kappa shape index (κ1) is 18.4. The molecule has 1 aliphatic heterocycles. The minimum Gasteiger partial charge on any atom is -0.348 e. The molecule has 4 rings (SSSR count). The standard InChI is InChI=1S/C23H19N3O3/c1-16-13-14-19(24(16)2)15-20-21(27)25(17-9-5-3-6-10-17)23(29)26(22(20)28)18-11-7-4-8-12-18/h3-15H,1-2H3. The summed E-state index contributed by atoms with van der Waals surface area (Å²) in [5.41, 5.74) is 2.44. The fourth-order valence-corrected chi connectivity index (χ4v) is 3.27. The molecule has 144 valence electrons. The lowest BCUT2D eigenvalue weighted by atomic mass is 10.1. The van der Waals surface area contributed by atoms with Crippen molar-refractivity contribution >= 4 is 35.3 Å². The Morgan fingerprint density at radius 1 is 0.690 bits per heavy atom. The number of nitrogens with zero attached hydrogens (tertiary/aromatic N) is 3. The van der Waals surface area contributed by atoms with E-state index in [4.69, 9.17) is 0 Å². The molecule has 2 aromatic carbocycles. The Kier molecular flexibility index (Phi) is 4.60. The number of benzene rings is 2. The summed E-state index contributed by atoms with van der Waals surface area (Å²) < 4.78 is 1.88. The van der Waals surface area contributed by atoms with E-state index in [0.717, 1.165) is 15.5 Å². The Hall–Kier alpha value is -3.93. The number of imide groups is 2. The molecule has 0 spiro atoms. The third-order valence-electron chi connectivity index (χ3n) is 4.98. The Balaban J connectivity index is 1.88. The van der Waals surface area contributed by atoms with Crippen molar-refractivity contribution in [3.63, 3.8) is 0 Å². The van der Waals surface area contributed by atoms with Gasteiger partial charge in [0.25, 0.3) is 11.8 Å². The quantitative estimate of drug-likeness (QED) is 0.507. The minimum atomic E-state index is -0.697. The second-order valence-corrected chi connectivity index (χ2v) is 6.75. The van der Waals surface area contributed by atoms with Crippen LogP contribution < -0.4 is 9.80 Å². The summed E-state index contributed by atoms with van der Waals surface area (Å²) >= 11 is 0. The number of hydrogen-bond acceptors (Lipinski definition) is 3. The highest BCUT2D eigenvalue weighted by molar-refractivity contribution is 6.46. The first-order valence-electron chi connectivity index (χ1n) is 9.16. The maximum atomic E-state index is 13.2. The van der Waals surface area contributed by atoms with Crippen LogP contribution in [-0.2, 0) is 16.6 Å². The summed E-state index contributed by atoms with van der Waals surface area (Å²) in [5, 5.41) is 0. The van der Waals surface area contributed by atoms with Gasteiger partial charge >= 0.3 is 6.03 Å². The number of amides is 4. The topological polar surface area (TPSA) is 62.6 Å². The van der Waals surface area contributed by atoms with Crippen molar-refractivity contribution in [3.05, 3.63) is 89.8 Å². The van der Waals surface area contributed by atoms with Crippen molar-refractivity contribution in [1.82, 2.24) is 4.57 Å². The van der Waals surface area contributed by atoms with E-state index < -0.39 is 17.8 Å². The van der Waals surface area contributed by atoms with Crippen LogP contribution in [0.5, 0.6) is 0 Å². The molecule has 4 amide bonds. The monoisotopic (exact) mass is 385 g/mol. The number of aromatic nitrogens is 1. The molecule has 1 saturated heterocycles. The summed E-state index contributed by atoms with van der Waals surface area (Å²) in [6, 6.07) is 20.3. The van der Waals surface area contributed by atoms with Gasteiger partial charge in [-0.15, -0.1) is 0 Å². The van der Waals surface area contributed by atoms with E-state index in [-0.39, 0.29) is 5.57 Å². The van der Waals surface area contributed by atoms with E-state index in [2.05, 4.69) is 0 Å². The van der Waals surface area contributed by atoms with Crippen LogP contribution in [0, 0.1) is 6.92 Å². The van der Waals surface area contributed by atoms with Gasteiger partial charge in [-0.25, -0.2) is 14.6 Å². The Labute approximate surface area is 168 Å². The smallest absolute Gasteiger partial charge is 0.343 e. The summed E-state index contributed by atoms with van der Waals surface area (Å²) in [4.78, 5) is 41.7. The van der Waals surface area contributed by atoms with Crippen molar-refractivity contribution in [3.8, 4) is 0 Å². The number of para-hydroxylation sites is 2. The Bertz CT molecular complexity index is 1070. The van der Waals surface area contributed by atoms with E-state index in [0.29, 0.717) is 17.1 Å². The number of urea groups is 1. The molecule has 0 saturated carbocycles. The average Bonchev–Trinajstić information content (AvgIpc) is 3.05. The van der Waals surface area contributed by atoms with Crippen molar-refractivity contribution in [2.75, 3.05) is 9.80 Å². The maximum absolute atomic E-state index is 13.2. The van der Waals surface area contributed by atoms with Gasteiger partial charge in [-0.3, -0.25) is 9.59 Å². The minimum absolute atomic E-state index is 0.0708. The van der Waals surface area contributed by atoms with Gasteiger partial charge < -0.3 is 4.57 Å². The first-order valence-corrected chi connectivity index (χ1v) is 9.16. The van der Waals surface area contributed by atoms with Gasteiger partial charge in [0.05, 0.1) is 11.4 Å². The van der Waals surface area contributed by atoms with Gasteiger partial charge in [0, 0.05) is 18.4 Å². The molecule has 0 radical (unpaired) electrons. The summed E-state index contributed by atoms with van der Waals surface area (Å²) in [7, 11) is 1.86. The lowest BCUT2D eigenvalue weighted by molar-refractivity contribution is -0.121. The lowest BCUT2D eigenvalue weighted by Gasteiger charge is -2.33. The van der Waals surface area contributed by atoms with Crippen LogP contribution in [0.1, 0.15) is 11.4 Å². The van der Waals surface area contributed by atoms with Gasteiger partial charge in [-0.2, -0.15) is 0 Å². The molecule has 0 unspecified atom stereocenters. The largest absolute Gasteiger partial charge is 0.348 e. The number of aryl methyl sites for hydroxylation is 1. The molecule has 0 atom stereocenters. The molecule has 2 heterocycles. The number of hydrogen-bond donors (Lipinski definition) is 0. The number of barbiturate groups is 1. The number of anilines is 2. The molecule has 0 N–H and O–H groups in total. The molecule has 3 aromatic rings. The predicted molar refractivity (Wildman–Crippen MR) is 111 cm³/mol. The maximum Gasteiger partial charge on any atom is 0.343 e. The Morgan fingerprint density at radius 3 is 1.59 bits per heavy atom. The predicted octanol–water partition coefficient (Wildman–Crippen LogP) is 3.92. The van der Waals surface area contributed by atoms with Gasteiger partial charge in [-0.05, 0) is 49.4 Å². The first-order chi connectivity index (χ1) is 14.0. The Morgan fingerprint density at radius 2 is 1.17 bits per heavy atom. The van der Waals surface area contributed by atoms with E-state index in [1.807, 2.05) is 30.7 Å². The molecule has 29 heavy (non-hydrogen) atoms. The van der Waals surface area contributed by atoms with Crippen molar-refractivity contribution in [2.45, 2.75) is 6.92 Å². The highest BCUT2D eigenvalue weighted by atomic mass is 16.2. The summed E-state index contributed by atoms with van der Waals surface area (Å²) in [6.07, 6.45) is 1.54. The van der Waals surface area contributed by atoms with Gasteiger partial charge in [-0.1, -0.05) is 36.4 Å². The van der Waals surface area contributed by atoms with E-state index in [9.17, 15) is 14.4 Å². The second kappa shape index (κ2) is 7.24. The zero-order chi connectivity index (χ0) is 20.5. The second-order valence-electron chi connectivity index (χ2n) is 6.75. The van der Waals surface area contributed by atoms with Crippen LogP contribution in [0.3, 0.4) is 0 Å². The fraction of sp³-hybridized carbons (Fsp3) is 0.0870. The summed E-state index contributed by atoms with van der Waals surface area (Å²) in [6.45, 7) is 1.93. The van der Waals surface area contributed by atoms with E-state index in [1.165, 1.54) is 6.08 Å². The highest BCUT2D eigenvalue weighted by Gasteiger charge is 2.43. The third-order valence-corrected chi connectivity index (χ3v) is 4.98. The van der Waals surface area contributed by atoms with E-state index in [1.54, 1.807) is 60.7 Å². The molecule has 1 fully saturated rings. The van der Waals surface area contributed by atoms with Crippen LogP contribution in [0.15, 0.2) is 78.4 Å². The molecule has 1 aliphatic rings. The van der Waals surface area contributed by atoms with Crippen LogP contribution in [0.2, 0.25) is 0 Å². The SMILES string of the molecule is Cc1ccc(C=C2C(=O)N(c3ccccc3)C(=O)N(c3ccccc3)C2=O)n1C. The van der Waals surface area contributed by atoms with Crippen molar-refractivity contribution in [2.24, 2.45) is 7.05 Å². The average molecular weight is 385 g/mol. The molecular weight excluding hydrogens is 366 g/mol. The normalized spacial score (nSPS) is 14.6. The van der Waals surface area contributed by atoms with Crippen LogP contribution in [-0.4, -0.2) is 22.4 Å². The van der Waals surface area contributed by atoms with Gasteiger partial charge in [0.15, 0.2) is 0 Å². The zero-order valence-electron chi connectivity index (χ0n) is 16.1. The number of carbonyl (C=O) groups excluding carboxylic acids is 3. The summed E-state index contributed by atoms with van der Waals surface area (Å²) in [5.74, 6) is -1.28. The van der Waals surface area contributed by atoms with Crippen LogP contribution in [0.25, 0.3) is 6.08 Å². The van der Waals surface area contributed by atoms with Gasteiger partial charge in [0.2, 0.25) is 0 Å².